The zero-order chi connectivity index (χ0) is 16.0. The number of hydrogen-bond acceptors (Lipinski definition) is 4. The van der Waals surface area contributed by atoms with Gasteiger partial charge < -0.3 is 10.4 Å². The van der Waals surface area contributed by atoms with Gasteiger partial charge in [-0.05, 0) is 19.8 Å². The van der Waals surface area contributed by atoms with Gasteiger partial charge in [-0.3, -0.25) is 9.59 Å². The second-order valence-corrected chi connectivity index (χ2v) is 6.83. The summed E-state index contributed by atoms with van der Waals surface area (Å²) in [5.74, 6) is -1.72. The van der Waals surface area contributed by atoms with Gasteiger partial charge in [0.15, 0.2) is 0 Å². The van der Waals surface area contributed by atoms with Gasteiger partial charge in [-0.1, -0.05) is 6.92 Å². The third kappa shape index (κ3) is 4.65. The van der Waals surface area contributed by atoms with Gasteiger partial charge in [0.25, 0.3) is 10.2 Å². The third-order valence-corrected chi connectivity index (χ3v) is 5.56. The van der Waals surface area contributed by atoms with Crippen LogP contribution in [-0.2, 0) is 19.8 Å². The van der Waals surface area contributed by atoms with Crippen molar-refractivity contribution < 1.29 is 23.1 Å². The van der Waals surface area contributed by atoms with Crippen molar-refractivity contribution in [3.63, 3.8) is 0 Å². The monoisotopic (exact) mass is 321 g/mol. The molecule has 1 fully saturated rings. The number of carboxylic acid groups (broad SMARTS) is 1. The van der Waals surface area contributed by atoms with Gasteiger partial charge in [-0.25, -0.2) is 0 Å². The molecule has 1 heterocycles. The number of nitrogens with one attached hydrogen (secondary N) is 1. The van der Waals surface area contributed by atoms with Crippen LogP contribution < -0.4 is 5.32 Å². The SMILES string of the molecule is CCNC(=O)CN(CC)S(=O)(=O)N1CCC(C(=O)O)CC1. The number of hydrogen-bond donors (Lipinski definition) is 2. The summed E-state index contributed by atoms with van der Waals surface area (Å²) in [6.07, 6.45) is 0.598. The molecule has 0 unspecified atom stereocenters. The first-order valence-electron chi connectivity index (χ1n) is 7.07. The highest BCUT2D eigenvalue weighted by atomic mass is 32.2. The Kier molecular flexibility index (Phi) is 6.56. The van der Waals surface area contributed by atoms with Crippen LogP contribution in [0.25, 0.3) is 0 Å². The lowest BCUT2D eigenvalue weighted by Gasteiger charge is -2.33. The molecule has 0 aliphatic carbocycles. The lowest BCUT2D eigenvalue weighted by molar-refractivity contribution is -0.142. The number of carboxylic acids is 1. The van der Waals surface area contributed by atoms with Gasteiger partial charge in [0.05, 0.1) is 12.5 Å². The van der Waals surface area contributed by atoms with E-state index < -0.39 is 22.1 Å². The van der Waals surface area contributed by atoms with E-state index in [-0.39, 0.29) is 32.1 Å². The van der Waals surface area contributed by atoms with E-state index in [1.54, 1.807) is 13.8 Å². The number of aliphatic carboxylic acids is 1. The van der Waals surface area contributed by atoms with E-state index in [9.17, 15) is 18.0 Å². The molecule has 1 rings (SSSR count). The summed E-state index contributed by atoms with van der Waals surface area (Å²) in [4.78, 5) is 22.5. The van der Waals surface area contributed by atoms with Crippen LogP contribution in [0.5, 0.6) is 0 Å². The van der Waals surface area contributed by atoms with Crippen molar-refractivity contribution in [1.29, 1.82) is 0 Å². The fourth-order valence-electron chi connectivity index (χ4n) is 2.27. The van der Waals surface area contributed by atoms with Crippen molar-refractivity contribution >= 4 is 22.1 Å². The molecule has 0 aromatic rings. The first-order valence-corrected chi connectivity index (χ1v) is 8.47. The molecule has 122 valence electrons. The van der Waals surface area contributed by atoms with Crippen molar-refractivity contribution in [2.24, 2.45) is 5.92 Å². The van der Waals surface area contributed by atoms with Crippen LogP contribution in [-0.4, -0.2) is 66.7 Å². The van der Waals surface area contributed by atoms with E-state index in [1.165, 1.54) is 4.31 Å². The number of nitrogens with zero attached hydrogens (tertiary/aromatic N) is 2. The van der Waals surface area contributed by atoms with E-state index >= 15 is 0 Å². The third-order valence-electron chi connectivity index (χ3n) is 3.50. The highest BCUT2D eigenvalue weighted by Gasteiger charge is 2.34. The zero-order valence-corrected chi connectivity index (χ0v) is 13.2. The van der Waals surface area contributed by atoms with Gasteiger partial charge >= 0.3 is 5.97 Å². The molecule has 1 aliphatic rings. The van der Waals surface area contributed by atoms with Crippen molar-refractivity contribution in [2.45, 2.75) is 26.7 Å². The summed E-state index contributed by atoms with van der Waals surface area (Å²) in [6.45, 7) is 4.20. The van der Waals surface area contributed by atoms with Crippen LogP contribution in [0, 0.1) is 5.92 Å². The maximum Gasteiger partial charge on any atom is 0.306 e. The second kappa shape index (κ2) is 7.71. The van der Waals surface area contributed by atoms with Crippen LogP contribution in [0.15, 0.2) is 0 Å². The van der Waals surface area contributed by atoms with Gasteiger partial charge in [0.2, 0.25) is 5.91 Å². The molecule has 21 heavy (non-hydrogen) atoms. The summed E-state index contributed by atoms with van der Waals surface area (Å²) in [7, 11) is -3.72. The number of carbonyl (C=O) groups excluding carboxylic acids is 1. The Labute approximate surface area is 125 Å². The molecule has 0 aromatic carbocycles. The molecular formula is C12H23N3O5S. The maximum atomic E-state index is 12.5. The molecule has 2 N–H and O–H groups in total. The van der Waals surface area contributed by atoms with E-state index in [0.29, 0.717) is 19.4 Å². The van der Waals surface area contributed by atoms with Crippen LogP contribution in [0.3, 0.4) is 0 Å². The predicted molar refractivity (Wildman–Crippen MR) is 76.8 cm³/mol. The molecule has 0 saturated carbocycles. The standard InChI is InChI=1S/C12H23N3O5S/c1-3-13-11(16)9-14(4-2)21(19,20)15-7-5-10(6-8-15)12(17)18/h10H,3-9H2,1-2H3,(H,13,16)(H,17,18). The minimum absolute atomic E-state index is 0.172. The molecule has 0 radical (unpaired) electrons. The van der Waals surface area contributed by atoms with Crippen molar-refractivity contribution in [3.05, 3.63) is 0 Å². The van der Waals surface area contributed by atoms with Crippen LogP contribution >= 0.6 is 0 Å². The Hall–Kier alpha value is -1.19. The van der Waals surface area contributed by atoms with E-state index in [0.717, 1.165) is 4.31 Å². The van der Waals surface area contributed by atoms with Gasteiger partial charge in [0.1, 0.15) is 0 Å². The molecule has 1 amide bonds. The van der Waals surface area contributed by atoms with Gasteiger partial charge in [-0.2, -0.15) is 17.0 Å². The summed E-state index contributed by atoms with van der Waals surface area (Å²) >= 11 is 0. The smallest absolute Gasteiger partial charge is 0.306 e. The lowest BCUT2D eigenvalue weighted by atomic mass is 9.99. The number of carbonyl (C=O) groups is 2. The topological polar surface area (TPSA) is 107 Å². The molecule has 1 saturated heterocycles. The van der Waals surface area contributed by atoms with Crippen LogP contribution in [0.1, 0.15) is 26.7 Å². The summed E-state index contributed by atoms with van der Waals surface area (Å²) in [5, 5.41) is 11.5. The van der Waals surface area contributed by atoms with Gasteiger partial charge in [-0.15, -0.1) is 0 Å². The van der Waals surface area contributed by atoms with Gasteiger partial charge in [0, 0.05) is 26.2 Å². The predicted octanol–water partition coefficient (Wildman–Crippen LogP) is -0.514. The highest BCUT2D eigenvalue weighted by Crippen LogP contribution is 2.21. The number of piperidine rings is 1. The minimum Gasteiger partial charge on any atom is -0.481 e. The number of amides is 1. The normalized spacial score (nSPS) is 17.9. The molecule has 9 heteroatoms. The molecular weight excluding hydrogens is 298 g/mol. The van der Waals surface area contributed by atoms with Crippen molar-refractivity contribution in [2.75, 3.05) is 32.7 Å². The fourth-order valence-corrected chi connectivity index (χ4v) is 3.87. The Balaban J connectivity index is 2.70. The number of likely N-dealkylation sites (N-methyl/N-ethyl adjacent to an activating group) is 2. The van der Waals surface area contributed by atoms with Crippen LogP contribution in [0.2, 0.25) is 0 Å². The average Bonchev–Trinajstić information content (AvgIpc) is 2.45. The van der Waals surface area contributed by atoms with Crippen molar-refractivity contribution in [3.8, 4) is 0 Å². The zero-order valence-electron chi connectivity index (χ0n) is 12.4. The summed E-state index contributed by atoms with van der Waals surface area (Å²) in [6, 6.07) is 0. The first-order chi connectivity index (χ1) is 9.82. The molecule has 0 bridgehead atoms. The molecule has 1 aliphatic heterocycles. The van der Waals surface area contributed by atoms with E-state index in [4.69, 9.17) is 5.11 Å². The maximum absolute atomic E-state index is 12.5. The summed E-state index contributed by atoms with van der Waals surface area (Å²) in [5.41, 5.74) is 0. The quantitative estimate of drug-likeness (QED) is 0.656. The van der Waals surface area contributed by atoms with E-state index in [2.05, 4.69) is 5.32 Å². The Morgan fingerprint density at radius 1 is 1.29 bits per heavy atom. The van der Waals surface area contributed by atoms with Crippen molar-refractivity contribution in [1.82, 2.24) is 13.9 Å². The Morgan fingerprint density at radius 2 is 1.86 bits per heavy atom. The first kappa shape index (κ1) is 17.9. The fraction of sp³-hybridized carbons (Fsp3) is 0.833. The molecule has 0 aromatic heterocycles. The lowest BCUT2D eigenvalue weighted by Crippen LogP contribution is -2.50. The highest BCUT2D eigenvalue weighted by molar-refractivity contribution is 7.86. The largest absolute Gasteiger partial charge is 0.481 e. The van der Waals surface area contributed by atoms with E-state index in [1.807, 2.05) is 0 Å². The minimum atomic E-state index is -3.72. The number of rotatable bonds is 7. The summed E-state index contributed by atoms with van der Waals surface area (Å²) < 4.78 is 27.3. The Bertz CT molecular complexity index is 471. The molecule has 0 spiro atoms. The van der Waals surface area contributed by atoms with Crippen LogP contribution in [0.4, 0.5) is 0 Å². The Morgan fingerprint density at radius 3 is 2.29 bits per heavy atom. The second-order valence-electron chi connectivity index (χ2n) is 4.90. The molecule has 8 nitrogen and oxygen atoms in total. The average molecular weight is 321 g/mol. The molecule has 0 atom stereocenters.